The molecule has 6 nitrogen and oxygen atoms in total. The van der Waals surface area contributed by atoms with Crippen LogP contribution in [0.25, 0.3) is 11.0 Å². The summed E-state index contributed by atoms with van der Waals surface area (Å²) in [5.74, 6) is 0.448. The van der Waals surface area contributed by atoms with Crippen LogP contribution in [0.5, 0.6) is 0 Å². The molecule has 1 aliphatic rings. The molecule has 1 aromatic carbocycles. The predicted octanol–water partition coefficient (Wildman–Crippen LogP) is 4.54. The van der Waals surface area contributed by atoms with Crippen LogP contribution in [0.4, 0.5) is 10.5 Å². The fourth-order valence-corrected chi connectivity index (χ4v) is 3.75. The molecule has 26 heavy (non-hydrogen) atoms. The van der Waals surface area contributed by atoms with Crippen LogP contribution in [-0.4, -0.2) is 15.8 Å². The molecule has 6 heteroatoms. The van der Waals surface area contributed by atoms with E-state index in [0.717, 1.165) is 40.8 Å². The Bertz CT molecular complexity index is 906. The second-order valence-corrected chi connectivity index (χ2v) is 7.04. The molecule has 2 amide bonds. The fourth-order valence-electron chi connectivity index (χ4n) is 3.75. The zero-order valence-electron chi connectivity index (χ0n) is 15.0. The monoisotopic (exact) mass is 352 g/mol. The summed E-state index contributed by atoms with van der Waals surface area (Å²) in [4.78, 5) is 12.4. The number of benzene rings is 1. The first-order valence-electron chi connectivity index (χ1n) is 9.23. The van der Waals surface area contributed by atoms with Crippen molar-refractivity contribution >= 4 is 22.7 Å². The van der Waals surface area contributed by atoms with E-state index in [-0.39, 0.29) is 6.03 Å². The van der Waals surface area contributed by atoms with Crippen LogP contribution >= 0.6 is 0 Å². The Labute approximate surface area is 152 Å². The van der Waals surface area contributed by atoms with Gasteiger partial charge < -0.3 is 15.1 Å². The van der Waals surface area contributed by atoms with E-state index < -0.39 is 0 Å². The van der Waals surface area contributed by atoms with Crippen LogP contribution in [0, 0.1) is 0 Å². The van der Waals surface area contributed by atoms with E-state index in [1.54, 1.807) is 10.9 Å². The maximum absolute atomic E-state index is 12.4. The van der Waals surface area contributed by atoms with E-state index in [1.165, 1.54) is 19.3 Å². The number of carbonyl (C=O) groups excluding carboxylic acids is 1. The second kappa shape index (κ2) is 7.23. The van der Waals surface area contributed by atoms with Gasteiger partial charge in [0, 0.05) is 31.1 Å². The molecule has 0 aliphatic heterocycles. The Hall–Kier alpha value is -2.76. The number of hydrogen-bond acceptors (Lipinski definition) is 3. The van der Waals surface area contributed by atoms with Crippen LogP contribution in [-0.2, 0) is 13.6 Å². The molecule has 0 saturated heterocycles. The zero-order chi connectivity index (χ0) is 17.9. The first-order valence-corrected chi connectivity index (χ1v) is 9.23. The Morgan fingerprint density at radius 2 is 2.12 bits per heavy atom. The van der Waals surface area contributed by atoms with Crippen molar-refractivity contribution in [3.8, 4) is 0 Å². The lowest BCUT2D eigenvalue weighted by molar-refractivity contribution is 0.251. The van der Waals surface area contributed by atoms with Crippen molar-refractivity contribution in [1.82, 2.24) is 15.1 Å². The lowest BCUT2D eigenvalue weighted by atomic mass is 9.86. The van der Waals surface area contributed by atoms with Crippen LogP contribution in [0.2, 0.25) is 0 Å². The first-order chi connectivity index (χ1) is 12.7. The highest BCUT2D eigenvalue weighted by atomic mass is 16.3. The second-order valence-electron chi connectivity index (χ2n) is 7.04. The number of nitrogens with one attached hydrogen (secondary N) is 2. The minimum atomic E-state index is -0.206. The third kappa shape index (κ3) is 3.59. The number of hydrogen-bond donors (Lipinski definition) is 2. The Balaban J connectivity index is 1.40. The highest BCUT2D eigenvalue weighted by Gasteiger charge is 2.22. The summed E-state index contributed by atoms with van der Waals surface area (Å²) in [6.45, 7) is 0.464. The zero-order valence-corrected chi connectivity index (χ0v) is 15.0. The van der Waals surface area contributed by atoms with Crippen LogP contribution in [0.3, 0.4) is 0 Å². The summed E-state index contributed by atoms with van der Waals surface area (Å²) in [7, 11) is 1.90. The predicted molar refractivity (Wildman–Crippen MR) is 101 cm³/mol. The average molecular weight is 352 g/mol. The van der Waals surface area contributed by atoms with Gasteiger partial charge in [0.2, 0.25) is 0 Å². The van der Waals surface area contributed by atoms with Gasteiger partial charge in [-0.1, -0.05) is 25.3 Å². The summed E-state index contributed by atoms with van der Waals surface area (Å²) in [5.41, 5.74) is 3.72. The topological polar surface area (TPSA) is 72.1 Å². The minimum Gasteiger partial charge on any atom is -0.464 e. The van der Waals surface area contributed by atoms with Gasteiger partial charge in [-0.2, -0.15) is 5.10 Å². The number of anilines is 1. The molecule has 1 fully saturated rings. The number of nitrogens with zero attached hydrogens (tertiary/aromatic N) is 2. The third-order valence-electron chi connectivity index (χ3n) is 5.07. The normalized spacial score (nSPS) is 15.3. The van der Waals surface area contributed by atoms with E-state index in [1.807, 2.05) is 37.5 Å². The Morgan fingerprint density at radius 1 is 1.27 bits per heavy atom. The minimum absolute atomic E-state index is 0.206. The summed E-state index contributed by atoms with van der Waals surface area (Å²) >= 11 is 0. The first kappa shape index (κ1) is 16.7. The van der Waals surface area contributed by atoms with Crippen molar-refractivity contribution in [2.75, 3.05) is 5.32 Å². The van der Waals surface area contributed by atoms with Crippen LogP contribution in [0.15, 0.2) is 41.1 Å². The summed E-state index contributed by atoms with van der Waals surface area (Å²) in [6.07, 6.45) is 9.64. The van der Waals surface area contributed by atoms with Gasteiger partial charge in [0.05, 0.1) is 17.6 Å². The van der Waals surface area contributed by atoms with Crippen molar-refractivity contribution in [2.24, 2.45) is 7.05 Å². The largest absolute Gasteiger partial charge is 0.464 e. The maximum Gasteiger partial charge on any atom is 0.319 e. The quantitative estimate of drug-likeness (QED) is 0.724. The third-order valence-corrected chi connectivity index (χ3v) is 5.07. The smallest absolute Gasteiger partial charge is 0.319 e. The summed E-state index contributed by atoms with van der Waals surface area (Å²) < 4.78 is 7.13. The highest BCUT2D eigenvalue weighted by molar-refractivity contribution is 5.90. The lowest BCUT2D eigenvalue weighted by Crippen LogP contribution is -2.28. The molecule has 4 rings (SSSR count). The number of fused-ring (bicyclic) bond motifs is 1. The van der Waals surface area contributed by atoms with Gasteiger partial charge in [-0.15, -0.1) is 0 Å². The molecule has 1 saturated carbocycles. The van der Waals surface area contributed by atoms with E-state index >= 15 is 0 Å². The van der Waals surface area contributed by atoms with E-state index in [9.17, 15) is 4.79 Å². The molecule has 0 unspecified atom stereocenters. The maximum atomic E-state index is 12.4. The Kier molecular flexibility index (Phi) is 4.65. The SMILES string of the molecule is Cn1cc(NC(=O)NCc2ccc3occc3c2)c(C2CCCCC2)n1. The number of aryl methyl sites for hydroxylation is 1. The standard InChI is InChI=1S/C20H24N4O2/c1-24-13-17(19(23-24)15-5-3-2-4-6-15)22-20(25)21-12-14-7-8-18-16(11-14)9-10-26-18/h7-11,13,15H,2-6,12H2,1H3,(H2,21,22,25). The highest BCUT2D eigenvalue weighted by Crippen LogP contribution is 2.35. The summed E-state index contributed by atoms with van der Waals surface area (Å²) in [5, 5.41) is 11.5. The molecule has 0 spiro atoms. The van der Waals surface area contributed by atoms with Crippen LogP contribution in [0.1, 0.15) is 49.3 Å². The molecule has 0 bridgehead atoms. The number of amides is 2. The lowest BCUT2D eigenvalue weighted by Gasteiger charge is -2.21. The summed E-state index contributed by atoms with van der Waals surface area (Å²) in [6, 6.07) is 7.63. The van der Waals surface area contributed by atoms with Gasteiger partial charge >= 0.3 is 6.03 Å². The van der Waals surface area contributed by atoms with E-state index in [4.69, 9.17) is 4.42 Å². The van der Waals surface area contributed by atoms with Gasteiger partial charge in [-0.25, -0.2) is 4.79 Å². The van der Waals surface area contributed by atoms with Crippen molar-refractivity contribution in [3.63, 3.8) is 0 Å². The van der Waals surface area contributed by atoms with Crippen molar-refractivity contribution in [2.45, 2.75) is 44.6 Å². The van der Waals surface area contributed by atoms with Gasteiger partial charge in [0.15, 0.2) is 0 Å². The molecule has 2 aromatic heterocycles. The van der Waals surface area contributed by atoms with Crippen molar-refractivity contribution < 1.29 is 9.21 Å². The van der Waals surface area contributed by atoms with Crippen molar-refractivity contribution in [1.29, 1.82) is 0 Å². The number of rotatable bonds is 4. The molecule has 0 atom stereocenters. The number of aromatic nitrogens is 2. The van der Waals surface area contributed by atoms with Gasteiger partial charge in [0.1, 0.15) is 5.58 Å². The molecule has 2 heterocycles. The van der Waals surface area contributed by atoms with Crippen molar-refractivity contribution in [3.05, 3.63) is 48.0 Å². The van der Waals surface area contributed by atoms with Crippen LogP contribution < -0.4 is 10.6 Å². The fraction of sp³-hybridized carbons (Fsp3) is 0.400. The average Bonchev–Trinajstić information content (AvgIpc) is 3.26. The van der Waals surface area contributed by atoms with E-state index in [2.05, 4.69) is 15.7 Å². The number of furan rings is 1. The molecule has 2 N–H and O–H groups in total. The van der Waals surface area contributed by atoms with Gasteiger partial charge in [0.25, 0.3) is 0 Å². The van der Waals surface area contributed by atoms with E-state index in [0.29, 0.717) is 12.5 Å². The molecule has 1 aliphatic carbocycles. The molecule has 0 radical (unpaired) electrons. The number of carbonyl (C=O) groups is 1. The van der Waals surface area contributed by atoms with Gasteiger partial charge in [-0.05, 0) is 36.6 Å². The number of urea groups is 1. The molecular weight excluding hydrogens is 328 g/mol. The molecular formula is C20H24N4O2. The molecule has 3 aromatic rings. The van der Waals surface area contributed by atoms with Gasteiger partial charge in [-0.3, -0.25) is 4.68 Å². The molecule has 136 valence electrons. The Morgan fingerprint density at radius 3 is 2.96 bits per heavy atom.